The van der Waals surface area contributed by atoms with E-state index >= 15 is 0 Å². The van der Waals surface area contributed by atoms with Crippen LogP contribution in [-0.2, 0) is 14.5 Å². The van der Waals surface area contributed by atoms with Gasteiger partial charge in [-0.05, 0) is 6.92 Å². The van der Waals surface area contributed by atoms with Crippen molar-refractivity contribution < 1.29 is 55.8 Å². The first kappa shape index (κ1) is 30.7. The maximum Gasteiger partial charge on any atom is 1.00 e. The number of rotatable bonds is 1. The standard InChI is InChI=1S/C2H4O2.CH2O3.2CH4.Na/c1-2(3)4;2-1-4-3;;;/h1H3,(H,3,4);1,3H;2*1H4;/q;;;;+1/p-1. The summed E-state index contributed by atoms with van der Waals surface area (Å²) in [5, 5.41) is 17.3. The Kier molecular flexibility index (Phi) is 91.1. The second-order valence-electron chi connectivity index (χ2n) is 0.684. The Bertz CT molecular complexity index is 76.2. The summed E-state index contributed by atoms with van der Waals surface area (Å²) in [6.07, 6.45) is 0. The van der Waals surface area contributed by atoms with E-state index in [0.29, 0.717) is 0 Å². The van der Waals surface area contributed by atoms with E-state index in [1.807, 2.05) is 0 Å². The first-order valence-electron chi connectivity index (χ1n) is 1.55. The first-order valence-corrected chi connectivity index (χ1v) is 1.55. The summed E-state index contributed by atoms with van der Waals surface area (Å²) in [7, 11) is 0. The summed E-state index contributed by atoms with van der Waals surface area (Å²) in [5.74, 6) is -1.08. The van der Waals surface area contributed by atoms with E-state index in [1.54, 1.807) is 0 Å². The van der Waals surface area contributed by atoms with Gasteiger partial charge >= 0.3 is 31.0 Å². The van der Waals surface area contributed by atoms with E-state index in [-0.39, 0.29) is 52.3 Å². The van der Waals surface area contributed by atoms with Crippen LogP contribution in [-0.4, -0.2) is 12.4 Å². The van der Waals surface area contributed by atoms with Crippen LogP contribution in [0.4, 0.5) is 0 Å². The van der Waals surface area contributed by atoms with Gasteiger partial charge in [0, 0.05) is 5.97 Å². The van der Waals surface area contributed by atoms with E-state index in [1.165, 1.54) is 0 Å². The zero-order valence-electron chi connectivity index (χ0n) is 6.12. The molecule has 0 aliphatic carbocycles. The van der Waals surface area contributed by atoms with Gasteiger partial charge in [-0.2, -0.15) is 0 Å². The molecule has 0 amide bonds. The van der Waals surface area contributed by atoms with Crippen LogP contribution >= 0.6 is 0 Å². The van der Waals surface area contributed by atoms with E-state index in [0.717, 1.165) is 6.92 Å². The molecule has 6 heteroatoms. The molecule has 0 bridgehead atoms. The number of carbonyl (C=O) groups is 2. The molecule has 0 aliphatic heterocycles. The van der Waals surface area contributed by atoms with E-state index in [2.05, 4.69) is 4.89 Å². The number of carboxylic acid groups (broad SMARTS) is 1. The molecule has 11 heavy (non-hydrogen) atoms. The largest absolute Gasteiger partial charge is 1.00 e. The van der Waals surface area contributed by atoms with Crippen LogP contribution in [0.25, 0.3) is 0 Å². The molecule has 0 radical (unpaired) electrons. The third kappa shape index (κ3) is 763. The molecule has 0 saturated carbocycles. The predicted octanol–water partition coefficient (Wildman–Crippen LogP) is -4.42. The normalized spacial score (nSPS) is 4.18. The van der Waals surface area contributed by atoms with Gasteiger partial charge in [0.2, 0.25) is 0 Å². The molecule has 0 fully saturated rings. The first-order chi connectivity index (χ1) is 3.65. The Hall–Kier alpha value is -0.100. The Morgan fingerprint density at radius 2 is 1.64 bits per heavy atom. The maximum atomic E-state index is 8.89. The summed E-state index contributed by atoms with van der Waals surface area (Å²) < 4.78 is 0. The Balaban J connectivity index is -0.0000000112. The van der Waals surface area contributed by atoms with Crippen molar-refractivity contribution in [1.82, 2.24) is 0 Å². The molecule has 0 spiro atoms. The second-order valence-corrected chi connectivity index (χ2v) is 0.684. The van der Waals surface area contributed by atoms with Gasteiger partial charge in [-0.1, -0.05) is 14.9 Å². The van der Waals surface area contributed by atoms with Gasteiger partial charge in [-0.3, -0.25) is 4.79 Å². The molecule has 0 saturated heterocycles. The van der Waals surface area contributed by atoms with Crippen molar-refractivity contribution >= 4 is 12.4 Å². The van der Waals surface area contributed by atoms with Crippen molar-refractivity contribution in [2.75, 3.05) is 0 Å². The van der Waals surface area contributed by atoms with Crippen LogP contribution in [0.15, 0.2) is 0 Å². The maximum absolute atomic E-state index is 8.89. The van der Waals surface area contributed by atoms with Crippen molar-refractivity contribution in [3.63, 3.8) is 0 Å². The van der Waals surface area contributed by atoms with Gasteiger partial charge in [0.05, 0.1) is 0 Å². The third-order valence-corrected chi connectivity index (χ3v) is 0.0393. The van der Waals surface area contributed by atoms with Crippen molar-refractivity contribution in [3.05, 3.63) is 0 Å². The Morgan fingerprint density at radius 3 is 1.64 bits per heavy atom. The number of aliphatic carboxylic acids is 1. The Labute approximate surface area is 90.1 Å². The van der Waals surface area contributed by atoms with Crippen LogP contribution in [0.1, 0.15) is 23.2 Å². The molecule has 0 atom stereocenters. The monoisotopic (exact) mass is 176 g/mol. The summed E-state index contributed by atoms with van der Waals surface area (Å²) in [6, 6.07) is 0. The fraction of sp³-hybridized carbons (Fsp3) is 0.600. The van der Waals surface area contributed by atoms with Gasteiger partial charge in [-0.25, -0.2) is 0 Å². The van der Waals surface area contributed by atoms with Gasteiger partial charge in [0.15, 0.2) is 0 Å². The number of carboxylic acids is 1. The molecule has 0 aromatic rings. The van der Waals surface area contributed by atoms with Crippen LogP contribution in [0.2, 0.25) is 0 Å². The average Bonchev–Trinajstić information content (AvgIpc) is 1.65. The molecular formula is C5H13NaO5. The molecule has 0 aromatic heterocycles. The summed E-state index contributed by atoms with van der Waals surface area (Å²) in [5.41, 5.74) is 0. The Morgan fingerprint density at radius 1 is 1.55 bits per heavy atom. The minimum absolute atomic E-state index is 0. The molecule has 0 rings (SSSR count). The third-order valence-electron chi connectivity index (χ3n) is 0.0393. The number of hydrogen-bond donors (Lipinski definition) is 0. The van der Waals surface area contributed by atoms with E-state index in [4.69, 9.17) is 20.0 Å². The molecule has 0 heterocycles. The zero-order chi connectivity index (χ0) is 6.99. The molecule has 0 aliphatic rings. The zero-order valence-corrected chi connectivity index (χ0v) is 7.12. The average molecular weight is 176 g/mol. The van der Waals surface area contributed by atoms with Crippen LogP contribution in [0.5, 0.6) is 0 Å². The fourth-order valence-corrected chi connectivity index (χ4v) is 0. The molecular weight excluding hydrogens is 163 g/mol. The molecule has 0 aromatic carbocycles. The minimum Gasteiger partial charge on any atom is -0.662 e. The van der Waals surface area contributed by atoms with Crippen molar-refractivity contribution in [2.45, 2.75) is 21.8 Å². The SMILES string of the molecule is C.C.CC(=O)[O-].O=CO[O-].[H+].[Na+]. The quantitative estimate of drug-likeness (QED) is 0.174. The predicted molar refractivity (Wildman–Crippen MR) is 32.4 cm³/mol. The smallest absolute Gasteiger partial charge is 0.662 e. The van der Waals surface area contributed by atoms with Gasteiger partial charge in [0.25, 0.3) is 6.47 Å². The van der Waals surface area contributed by atoms with Crippen molar-refractivity contribution in [1.29, 1.82) is 0 Å². The van der Waals surface area contributed by atoms with Crippen LogP contribution in [0, 0.1) is 0 Å². The van der Waals surface area contributed by atoms with E-state index < -0.39 is 5.97 Å². The topological polar surface area (TPSA) is 89.5 Å². The van der Waals surface area contributed by atoms with Crippen molar-refractivity contribution in [2.24, 2.45) is 0 Å². The number of carbonyl (C=O) groups excluding carboxylic acids is 2. The summed E-state index contributed by atoms with van der Waals surface area (Å²) in [4.78, 5) is 20.1. The molecule has 5 nitrogen and oxygen atoms in total. The molecule has 0 N–H and O–H groups in total. The minimum atomic E-state index is -1.08. The summed E-state index contributed by atoms with van der Waals surface area (Å²) >= 11 is 0. The van der Waals surface area contributed by atoms with Gasteiger partial charge in [-0.15, -0.1) is 0 Å². The summed E-state index contributed by atoms with van der Waals surface area (Å²) in [6.45, 7) is 0.792. The van der Waals surface area contributed by atoms with Gasteiger partial charge < -0.3 is 20.0 Å². The van der Waals surface area contributed by atoms with Gasteiger partial charge in [0.1, 0.15) is 0 Å². The van der Waals surface area contributed by atoms with Crippen LogP contribution in [0.3, 0.4) is 0 Å². The fourth-order valence-electron chi connectivity index (χ4n) is 0. The molecule has 0 unspecified atom stereocenters. The van der Waals surface area contributed by atoms with E-state index in [9.17, 15) is 0 Å². The number of hydrogen-bond acceptors (Lipinski definition) is 5. The molecule has 64 valence electrons. The second kappa shape index (κ2) is 32.7. The van der Waals surface area contributed by atoms with Crippen molar-refractivity contribution in [3.8, 4) is 0 Å². The van der Waals surface area contributed by atoms with Crippen LogP contribution < -0.4 is 39.9 Å².